The molecular formula is C18H31ClN2O2. The summed E-state index contributed by atoms with van der Waals surface area (Å²) in [5, 5.41) is 0. The van der Waals surface area contributed by atoms with E-state index < -0.39 is 0 Å². The predicted octanol–water partition coefficient (Wildman–Crippen LogP) is 3.55. The van der Waals surface area contributed by atoms with Crippen LogP contribution in [0.25, 0.3) is 0 Å². The number of ether oxygens (including phenoxy) is 1. The highest BCUT2D eigenvalue weighted by Crippen LogP contribution is 2.25. The van der Waals surface area contributed by atoms with Gasteiger partial charge in [0.1, 0.15) is 0 Å². The standard InChI is InChI=1S/C18H30N2O2.ClH/c1-4-6-12-20(18(21)13-16(14-19)22-3)17(5-2)15-10-8-7-9-11-15;/h7-11,16-17H,4-6,12-14,19H2,1-3H3;1H. The van der Waals surface area contributed by atoms with Crippen molar-refractivity contribution in [3.63, 3.8) is 0 Å². The minimum Gasteiger partial charge on any atom is -0.380 e. The molecule has 2 atom stereocenters. The van der Waals surface area contributed by atoms with E-state index in [-0.39, 0.29) is 30.5 Å². The first kappa shape index (κ1) is 21.9. The van der Waals surface area contributed by atoms with Gasteiger partial charge in [-0.3, -0.25) is 4.79 Å². The van der Waals surface area contributed by atoms with Crippen molar-refractivity contribution in [1.82, 2.24) is 4.90 Å². The zero-order chi connectivity index (χ0) is 16.4. The van der Waals surface area contributed by atoms with E-state index in [1.165, 1.54) is 5.56 Å². The molecule has 23 heavy (non-hydrogen) atoms. The SMILES string of the molecule is CCCCN(C(=O)CC(CN)OC)C(CC)c1ccccc1.Cl. The molecule has 1 aromatic rings. The average Bonchev–Trinajstić information content (AvgIpc) is 2.57. The number of nitrogens with zero attached hydrogens (tertiary/aromatic N) is 1. The van der Waals surface area contributed by atoms with Crippen LogP contribution in [0.5, 0.6) is 0 Å². The van der Waals surface area contributed by atoms with Crippen LogP contribution in [0.2, 0.25) is 0 Å². The Morgan fingerprint density at radius 2 is 1.91 bits per heavy atom. The van der Waals surface area contributed by atoms with Gasteiger partial charge in [0.15, 0.2) is 0 Å². The fourth-order valence-corrected chi connectivity index (χ4v) is 2.67. The number of carbonyl (C=O) groups excluding carboxylic acids is 1. The molecule has 1 rings (SSSR count). The van der Waals surface area contributed by atoms with Crippen molar-refractivity contribution < 1.29 is 9.53 Å². The molecule has 0 saturated heterocycles. The van der Waals surface area contributed by atoms with Crippen LogP contribution in [-0.2, 0) is 9.53 Å². The third-order valence-corrected chi connectivity index (χ3v) is 4.02. The Labute approximate surface area is 146 Å². The topological polar surface area (TPSA) is 55.6 Å². The second kappa shape index (κ2) is 12.3. The molecule has 4 nitrogen and oxygen atoms in total. The van der Waals surface area contributed by atoms with E-state index in [2.05, 4.69) is 26.0 Å². The number of amides is 1. The van der Waals surface area contributed by atoms with Crippen molar-refractivity contribution in [2.45, 2.75) is 51.7 Å². The Kier molecular flexibility index (Phi) is 11.7. The largest absolute Gasteiger partial charge is 0.380 e. The molecule has 1 amide bonds. The third kappa shape index (κ3) is 6.90. The summed E-state index contributed by atoms with van der Waals surface area (Å²) < 4.78 is 5.27. The van der Waals surface area contributed by atoms with E-state index in [9.17, 15) is 4.79 Å². The normalized spacial score (nSPS) is 13.0. The van der Waals surface area contributed by atoms with Crippen LogP contribution >= 0.6 is 12.4 Å². The van der Waals surface area contributed by atoms with Crippen molar-refractivity contribution in [3.8, 4) is 0 Å². The van der Waals surface area contributed by atoms with Crippen LogP contribution in [0.1, 0.15) is 51.1 Å². The van der Waals surface area contributed by atoms with Gasteiger partial charge in [-0.05, 0) is 18.4 Å². The van der Waals surface area contributed by atoms with Crippen molar-refractivity contribution in [3.05, 3.63) is 35.9 Å². The lowest BCUT2D eigenvalue weighted by atomic mass is 10.0. The van der Waals surface area contributed by atoms with Gasteiger partial charge in [0.25, 0.3) is 0 Å². The van der Waals surface area contributed by atoms with Crippen LogP contribution in [0.3, 0.4) is 0 Å². The Morgan fingerprint density at radius 1 is 1.26 bits per heavy atom. The summed E-state index contributed by atoms with van der Waals surface area (Å²) in [5.41, 5.74) is 6.85. The molecule has 0 radical (unpaired) electrons. The zero-order valence-electron chi connectivity index (χ0n) is 14.5. The lowest BCUT2D eigenvalue weighted by Crippen LogP contribution is -2.39. The van der Waals surface area contributed by atoms with E-state index in [0.717, 1.165) is 25.8 Å². The van der Waals surface area contributed by atoms with Crippen molar-refractivity contribution >= 4 is 18.3 Å². The number of carbonyl (C=O) groups is 1. The fraction of sp³-hybridized carbons (Fsp3) is 0.611. The minimum absolute atomic E-state index is 0. The average molecular weight is 343 g/mol. The molecule has 0 aliphatic rings. The molecule has 0 aromatic heterocycles. The van der Waals surface area contributed by atoms with Crippen LogP contribution in [0, 0.1) is 0 Å². The molecule has 0 aliphatic heterocycles. The van der Waals surface area contributed by atoms with Crippen molar-refractivity contribution in [2.75, 3.05) is 20.2 Å². The molecule has 2 N–H and O–H groups in total. The van der Waals surface area contributed by atoms with Gasteiger partial charge in [0.2, 0.25) is 5.91 Å². The maximum atomic E-state index is 12.7. The molecule has 0 fully saturated rings. The summed E-state index contributed by atoms with van der Waals surface area (Å²) in [6.45, 7) is 5.42. The number of benzene rings is 1. The molecule has 132 valence electrons. The maximum Gasteiger partial charge on any atom is 0.225 e. The molecule has 5 heteroatoms. The Hall–Kier alpha value is -1.10. The van der Waals surface area contributed by atoms with E-state index >= 15 is 0 Å². The highest BCUT2D eigenvalue weighted by Gasteiger charge is 2.25. The van der Waals surface area contributed by atoms with E-state index in [4.69, 9.17) is 10.5 Å². The van der Waals surface area contributed by atoms with Crippen molar-refractivity contribution in [1.29, 1.82) is 0 Å². The maximum absolute atomic E-state index is 12.7. The zero-order valence-corrected chi connectivity index (χ0v) is 15.3. The fourth-order valence-electron chi connectivity index (χ4n) is 2.67. The molecule has 1 aromatic carbocycles. The van der Waals surface area contributed by atoms with E-state index in [1.54, 1.807) is 7.11 Å². The van der Waals surface area contributed by atoms with Crippen molar-refractivity contribution in [2.24, 2.45) is 5.73 Å². The van der Waals surface area contributed by atoms with Crippen LogP contribution in [-0.4, -0.2) is 37.1 Å². The first-order valence-electron chi connectivity index (χ1n) is 8.25. The molecular weight excluding hydrogens is 312 g/mol. The predicted molar refractivity (Wildman–Crippen MR) is 97.8 cm³/mol. The lowest BCUT2D eigenvalue weighted by molar-refractivity contribution is -0.136. The number of methoxy groups -OCH3 is 1. The Morgan fingerprint density at radius 3 is 2.39 bits per heavy atom. The highest BCUT2D eigenvalue weighted by molar-refractivity contribution is 5.85. The van der Waals surface area contributed by atoms with Gasteiger partial charge in [-0.25, -0.2) is 0 Å². The lowest BCUT2D eigenvalue weighted by Gasteiger charge is -2.32. The first-order chi connectivity index (χ1) is 10.7. The van der Waals surface area contributed by atoms with Crippen LogP contribution in [0.4, 0.5) is 0 Å². The summed E-state index contributed by atoms with van der Waals surface area (Å²) >= 11 is 0. The molecule has 0 bridgehead atoms. The van der Waals surface area contributed by atoms with Gasteiger partial charge in [-0.1, -0.05) is 50.6 Å². The number of unbranched alkanes of at least 4 members (excludes halogenated alkanes) is 1. The molecule has 0 spiro atoms. The van der Waals surface area contributed by atoms with Crippen LogP contribution < -0.4 is 5.73 Å². The molecule has 0 aliphatic carbocycles. The quantitative estimate of drug-likeness (QED) is 0.707. The summed E-state index contributed by atoms with van der Waals surface area (Å²) in [6.07, 6.45) is 3.12. The summed E-state index contributed by atoms with van der Waals surface area (Å²) in [4.78, 5) is 14.7. The monoisotopic (exact) mass is 342 g/mol. The van der Waals surface area contributed by atoms with Crippen LogP contribution in [0.15, 0.2) is 30.3 Å². The van der Waals surface area contributed by atoms with Gasteiger partial charge in [-0.2, -0.15) is 0 Å². The number of hydrogen-bond donors (Lipinski definition) is 1. The van der Waals surface area contributed by atoms with Gasteiger partial charge >= 0.3 is 0 Å². The second-order valence-electron chi connectivity index (χ2n) is 5.57. The minimum atomic E-state index is -0.204. The highest BCUT2D eigenvalue weighted by atomic mass is 35.5. The number of rotatable bonds is 10. The number of halogens is 1. The number of nitrogens with two attached hydrogens (primary N) is 1. The van der Waals surface area contributed by atoms with Gasteiger partial charge in [-0.15, -0.1) is 12.4 Å². The number of hydrogen-bond acceptors (Lipinski definition) is 3. The summed E-state index contributed by atoms with van der Waals surface area (Å²) in [6, 6.07) is 10.4. The smallest absolute Gasteiger partial charge is 0.225 e. The Balaban J connectivity index is 0.00000484. The summed E-state index contributed by atoms with van der Waals surface area (Å²) in [5.74, 6) is 0.126. The van der Waals surface area contributed by atoms with Gasteiger partial charge in [0, 0.05) is 20.2 Å². The first-order valence-corrected chi connectivity index (χ1v) is 8.25. The van der Waals surface area contributed by atoms with Gasteiger partial charge < -0.3 is 15.4 Å². The summed E-state index contributed by atoms with van der Waals surface area (Å²) in [7, 11) is 1.61. The third-order valence-electron chi connectivity index (χ3n) is 4.02. The second-order valence-corrected chi connectivity index (χ2v) is 5.57. The Bertz CT molecular complexity index is 424. The molecule has 2 unspecified atom stereocenters. The van der Waals surface area contributed by atoms with E-state index in [0.29, 0.717) is 13.0 Å². The molecule has 0 heterocycles. The van der Waals surface area contributed by atoms with E-state index in [1.807, 2.05) is 23.1 Å². The molecule has 0 saturated carbocycles. The van der Waals surface area contributed by atoms with Gasteiger partial charge in [0.05, 0.1) is 18.6 Å².